The molecule has 11 aromatic carbocycles. The predicted molar refractivity (Wildman–Crippen MR) is 275 cm³/mol. The maximum absolute atomic E-state index is 6.87. The van der Waals surface area contributed by atoms with Crippen molar-refractivity contribution in [2.75, 3.05) is 0 Å². The number of benzene rings is 11. The van der Waals surface area contributed by atoms with Crippen LogP contribution in [0.4, 0.5) is 0 Å². The molecule has 1 N–H and O–H groups in total. The zero-order valence-corrected chi connectivity index (χ0v) is 35.6. The van der Waals surface area contributed by atoms with Crippen molar-refractivity contribution in [1.29, 1.82) is 0 Å². The number of furan rings is 1. The summed E-state index contributed by atoms with van der Waals surface area (Å²) >= 11 is 0. The van der Waals surface area contributed by atoms with Crippen molar-refractivity contribution < 1.29 is 4.42 Å². The topological polar surface area (TPSA) is 54.8 Å². The molecule has 0 aliphatic carbocycles. The summed E-state index contributed by atoms with van der Waals surface area (Å²) in [7, 11) is 0. The van der Waals surface area contributed by atoms with E-state index in [4.69, 9.17) is 14.4 Å². The molecule has 14 rings (SSSR count). The number of fused-ring (bicyclic) bond motifs is 12. The van der Waals surface area contributed by atoms with Crippen molar-refractivity contribution >= 4 is 98.5 Å². The Morgan fingerprint density at radius 3 is 1.76 bits per heavy atom. The summed E-state index contributed by atoms with van der Waals surface area (Å²) in [6.45, 7) is 0. The van der Waals surface area contributed by atoms with Crippen LogP contribution in [-0.2, 0) is 0 Å². The van der Waals surface area contributed by atoms with Crippen LogP contribution in [0.25, 0.3) is 104 Å². The highest BCUT2D eigenvalue weighted by Crippen LogP contribution is 2.44. The van der Waals surface area contributed by atoms with Crippen LogP contribution in [0.15, 0.2) is 233 Å². The predicted octanol–water partition coefficient (Wildman–Crippen LogP) is 15.5. The van der Waals surface area contributed by atoms with Gasteiger partial charge in [0, 0.05) is 38.2 Å². The van der Waals surface area contributed by atoms with Crippen LogP contribution in [0.3, 0.4) is 0 Å². The molecule has 2 aromatic heterocycles. The van der Waals surface area contributed by atoms with E-state index in [9.17, 15) is 0 Å². The molecule has 3 heterocycles. The summed E-state index contributed by atoms with van der Waals surface area (Å²) in [6.07, 6.45) is -0.550. The number of nitrogens with one attached hydrogen (secondary N) is 1. The number of amidine groups is 2. The van der Waals surface area contributed by atoms with Gasteiger partial charge in [-0.3, -0.25) is 0 Å². The van der Waals surface area contributed by atoms with E-state index < -0.39 is 6.17 Å². The first-order chi connectivity index (χ1) is 32.7. The van der Waals surface area contributed by atoms with Gasteiger partial charge in [-0.15, -0.1) is 0 Å². The number of nitrogens with zero attached hydrogens (tertiary/aromatic N) is 3. The summed E-state index contributed by atoms with van der Waals surface area (Å²) in [5.41, 5.74) is 10.1. The first-order valence-electron chi connectivity index (χ1n) is 22.5. The SMILES string of the molecule is c1ccc(-c2ccc(C3=NC(c4ccc5ccccc5c4)=NC(c4cc5oc6ccc7ccccc7c6c5cc4-n4c5cc6ccccc6cc5c5c6ccccc6ccc54)N3)cc2)cc1. The van der Waals surface area contributed by atoms with Crippen LogP contribution in [0.5, 0.6) is 0 Å². The molecule has 0 radical (unpaired) electrons. The summed E-state index contributed by atoms with van der Waals surface area (Å²) in [4.78, 5) is 10.9. The van der Waals surface area contributed by atoms with E-state index in [1.54, 1.807) is 0 Å². The molecule has 1 unspecified atom stereocenters. The molecule has 0 amide bonds. The van der Waals surface area contributed by atoms with Crippen molar-refractivity contribution in [3.05, 3.63) is 235 Å². The Morgan fingerprint density at radius 1 is 0.394 bits per heavy atom. The fraction of sp³-hybridized carbons (Fsp3) is 0.0164. The Balaban J connectivity index is 1.06. The van der Waals surface area contributed by atoms with E-state index in [2.05, 4.69) is 228 Å². The lowest BCUT2D eigenvalue weighted by atomic mass is 10.00. The van der Waals surface area contributed by atoms with Gasteiger partial charge in [0.05, 0.1) is 16.7 Å². The fourth-order valence-corrected chi connectivity index (χ4v) is 10.4. The molecule has 13 aromatic rings. The highest BCUT2D eigenvalue weighted by atomic mass is 16.3. The Labute approximate surface area is 379 Å². The molecule has 0 fully saturated rings. The maximum Gasteiger partial charge on any atom is 0.159 e. The minimum Gasteiger partial charge on any atom is -0.456 e. The summed E-state index contributed by atoms with van der Waals surface area (Å²) < 4.78 is 9.33. The molecular weight excluding hydrogens is 805 g/mol. The van der Waals surface area contributed by atoms with E-state index in [0.717, 1.165) is 77.5 Å². The molecular formula is C61H38N4O. The van der Waals surface area contributed by atoms with Crippen LogP contribution in [0, 0.1) is 0 Å². The summed E-state index contributed by atoms with van der Waals surface area (Å²) in [5, 5.41) is 17.9. The van der Waals surface area contributed by atoms with Crippen molar-refractivity contribution in [3.63, 3.8) is 0 Å². The summed E-state index contributed by atoms with van der Waals surface area (Å²) in [5.74, 6) is 1.41. The second-order valence-electron chi connectivity index (χ2n) is 17.4. The monoisotopic (exact) mass is 842 g/mol. The molecule has 1 atom stereocenters. The zero-order valence-electron chi connectivity index (χ0n) is 35.6. The van der Waals surface area contributed by atoms with Crippen LogP contribution in [-0.4, -0.2) is 16.2 Å². The first kappa shape index (κ1) is 36.7. The van der Waals surface area contributed by atoms with Crippen molar-refractivity contribution in [1.82, 2.24) is 9.88 Å². The Kier molecular flexibility index (Phi) is 7.98. The van der Waals surface area contributed by atoms with E-state index in [-0.39, 0.29) is 0 Å². The summed E-state index contributed by atoms with van der Waals surface area (Å²) in [6, 6.07) is 78.2. The van der Waals surface area contributed by atoms with Crippen molar-refractivity contribution in [3.8, 4) is 16.8 Å². The van der Waals surface area contributed by atoms with E-state index >= 15 is 0 Å². The molecule has 66 heavy (non-hydrogen) atoms. The second kappa shape index (κ2) is 14.4. The fourth-order valence-electron chi connectivity index (χ4n) is 10.4. The number of aromatic nitrogens is 1. The average molecular weight is 843 g/mol. The van der Waals surface area contributed by atoms with Gasteiger partial charge in [0.25, 0.3) is 0 Å². The molecule has 0 spiro atoms. The highest BCUT2D eigenvalue weighted by molar-refractivity contribution is 6.24. The molecule has 0 saturated heterocycles. The third kappa shape index (κ3) is 5.73. The lowest BCUT2D eigenvalue weighted by Gasteiger charge is -2.26. The van der Waals surface area contributed by atoms with Gasteiger partial charge in [-0.25, -0.2) is 9.98 Å². The van der Waals surface area contributed by atoms with Crippen LogP contribution >= 0.6 is 0 Å². The Hall–Kier alpha value is -8.80. The van der Waals surface area contributed by atoms with Gasteiger partial charge in [0.2, 0.25) is 0 Å². The minimum absolute atomic E-state index is 0.550. The number of rotatable bonds is 5. The lowest BCUT2D eigenvalue weighted by molar-refractivity contribution is 0.653. The van der Waals surface area contributed by atoms with E-state index in [1.165, 1.54) is 48.7 Å². The van der Waals surface area contributed by atoms with E-state index in [1.807, 2.05) is 0 Å². The van der Waals surface area contributed by atoms with Crippen LogP contribution in [0.2, 0.25) is 0 Å². The third-order valence-corrected chi connectivity index (χ3v) is 13.6. The van der Waals surface area contributed by atoms with Gasteiger partial charge in [-0.1, -0.05) is 176 Å². The number of hydrogen-bond acceptors (Lipinski definition) is 4. The first-order valence-corrected chi connectivity index (χ1v) is 22.5. The Morgan fingerprint density at radius 2 is 0.985 bits per heavy atom. The van der Waals surface area contributed by atoms with Gasteiger partial charge in [-0.2, -0.15) is 0 Å². The molecule has 0 saturated carbocycles. The zero-order chi connectivity index (χ0) is 43.3. The highest BCUT2D eigenvalue weighted by Gasteiger charge is 2.28. The van der Waals surface area contributed by atoms with Crippen LogP contribution in [0.1, 0.15) is 22.9 Å². The molecule has 5 nitrogen and oxygen atoms in total. The molecule has 308 valence electrons. The van der Waals surface area contributed by atoms with Gasteiger partial charge in [0.1, 0.15) is 23.2 Å². The number of hydrogen-bond donors (Lipinski definition) is 1. The molecule has 1 aliphatic rings. The largest absolute Gasteiger partial charge is 0.456 e. The second-order valence-corrected chi connectivity index (χ2v) is 17.4. The van der Waals surface area contributed by atoms with E-state index in [0.29, 0.717) is 5.84 Å². The molecule has 0 bridgehead atoms. The molecule has 5 heteroatoms. The minimum atomic E-state index is -0.550. The van der Waals surface area contributed by atoms with Crippen molar-refractivity contribution in [2.45, 2.75) is 6.17 Å². The smallest absolute Gasteiger partial charge is 0.159 e. The van der Waals surface area contributed by atoms with Gasteiger partial charge in [0.15, 0.2) is 5.84 Å². The van der Waals surface area contributed by atoms with Crippen LogP contribution < -0.4 is 5.32 Å². The van der Waals surface area contributed by atoms with Gasteiger partial charge < -0.3 is 14.3 Å². The average Bonchev–Trinajstić information content (AvgIpc) is 3.92. The molecule has 1 aliphatic heterocycles. The normalized spacial score (nSPS) is 14.2. The van der Waals surface area contributed by atoms with Gasteiger partial charge >= 0.3 is 0 Å². The Bertz CT molecular complexity index is 4200. The maximum atomic E-state index is 6.87. The standard InChI is InChI=1S/C61H38N4O/c1-2-12-37(13-3-1)39-22-25-42(26-23-39)59-62-60(46-27-24-38-14-4-5-17-43(38)32-46)64-61(63-59)50-36-56-51(58-48-21-11-9-16-41(48)29-31-55(58)66-56)35-54(50)65-52-30-28-40-15-8-10-20-47(40)57(52)49-33-44-18-6-7-19-45(44)34-53(49)65/h1-36,61H,(H,62,63,64). The number of aliphatic imine (C=N–C) groups is 2. The third-order valence-electron chi connectivity index (χ3n) is 13.6. The van der Waals surface area contributed by atoms with Gasteiger partial charge in [-0.05, 0) is 96.7 Å². The quantitative estimate of drug-likeness (QED) is 0.188. The lowest BCUT2D eigenvalue weighted by Crippen LogP contribution is -2.34. The van der Waals surface area contributed by atoms with Crippen molar-refractivity contribution in [2.24, 2.45) is 9.98 Å².